The summed E-state index contributed by atoms with van der Waals surface area (Å²) in [6.07, 6.45) is 2.62. The molecular formula is C19H23F2NO. The van der Waals surface area contributed by atoms with Crippen molar-refractivity contribution in [2.75, 3.05) is 13.2 Å². The first kappa shape index (κ1) is 17.4. The van der Waals surface area contributed by atoms with Gasteiger partial charge >= 0.3 is 0 Å². The van der Waals surface area contributed by atoms with Gasteiger partial charge in [-0.25, -0.2) is 8.78 Å². The molecule has 0 heterocycles. The normalized spacial score (nSPS) is 12.2. The van der Waals surface area contributed by atoms with E-state index in [0.717, 1.165) is 36.3 Å². The highest BCUT2D eigenvalue weighted by molar-refractivity contribution is 5.31. The standard InChI is InChI=1S/C19H23F2NO/c1-2-3-9-23-17-6-4-5-14(11-17)10-15(13-22)18-12-16(20)7-8-19(18)21/h4-8,11-12,15H,2-3,9-10,13,22H2,1H3. The largest absolute Gasteiger partial charge is 0.494 e. The minimum Gasteiger partial charge on any atom is -0.494 e. The van der Waals surface area contributed by atoms with Crippen molar-refractivity contribution in [1.29, 1.82) is 0 Å². The number of nitrogens with two attached hydrogens (primary N) is 1. The van der Waals surface area contributed by atoms with Crippen LogP contribution in [0.4, 0.5) is 8.78 Å². The lowest BCUT2D eigenvalue weighted by atomic mass is 9.91. The second-order valence-corrected chi connectivity index (χ2v) is 5.65. The van der Waals surface area contributed by atoms with Crippen molar-refractivity contribution in [1.82, 2.24) is 0 Å². The Morgan fingerprint density at radius 1 is 1.13 bits per heavy atom. The molecule has 0 fully saturated rings. The molecule has 2 aromatic carbocycles. The van der Waals surface area contributed by atoms with E-state index in [1.807, 2.05) is 24.3 Å². The summed E-state index contributed by atoms with van der Waals surface area (Å²) >= 11 is 0. The van der Waals surface area contributed by atoms with Gasteiger partial charge in [-0.05, 0) is 60.8 Å². The van der Waals surface area contributed by atoms with Crippen LogP contribution in [0.15, 0.2) is 42.5 Å². The van der Waals surface area contributed by atoms with Crippen molar-refractivity contribution < 1.29 is 13.5 Å². The molecule has 2 rings (SSSR count). The summed E-state index contributed by atoms with van der Waals surface area (Å²) in [5.74, 6) is -0.336. The van der Waals surface area contributed by atoms with Gasteiger partial charge in [0.05, 0.1) is 6.61 Å². The quantitative estimate of drug-likeness (QED) is 0.731. The minimum atomic E-state index is -0.448. The second kappa shape index (κ2) is 8.63. The van der Waals surface area contributed by atoms with E-state index in [4.69, 9.17) is 10.5 Å². The van der Waals surface area contributed by atoms with Crippen molar-refractivity contribution in [3.8, 4) is 5.75 Å². The Morgan fingerprint density at radius 2 is 1.96 bits per heavy atom. The van der Waals surface area contributed by atoms with Gasteiger partial charge in [0.15, 0.2) is 0 Å². The highest BCUT2D eigenvalue weighted by atomic mass is 19.1. The topological polar surface area (TPSA) is 35.2 Å². The molecule has 1 atom stereocenters. The van der Waals surface area contributed by atoms with Crippen LogP contribution in [0.25, 0.3) is 0 Å². The fraction of sp³-hybridized carbons (Fsp3) is 0.368. The van der Waals surface area contributed by atoms with Crippen LogP contribution in [0.1, 0.15) is 36.8 Å². The highest BCUT2D eigenvalue weighted by Gasteiger charge is 2.16. The van der Waals surface area contributed by atoms with Crippen molar-refractivity contribution >= 4 is 0 Å². The Morgan fingerprint density at radius 3 is 2.70 bits per heavy atom. The maximum absolute atomic E-state index is 13.9. The zero-order valence-electron chi connectivity index (χ0n) is 13.4. The Bertz CT molecular complexity index is 631. The average Bonchev–Trinajstić information content (AvgIpc) is 2.56. The fourth-order valence-corrected chi connectivity index (χ4v) is 2.53. The first-order chi connectivity index (χ1) is 11.1. The first-order valence-corrected chi connectivity index (χ1v) is 8.00. The molecule has 124 valence electrons. The third-order valence-electron chi connectivity index (χ3n) is 3.83. The van der Waals surface area contributed by atoms with Gasteiger partial charge in [0.2, 0.25) is 0 Å². The summed E-state index contributed by atoms with van der Waals surface area (Å²) in [5.41, 5.74) is 7.11. The number of halogens is 2. The number of hydrogen-bond donors (Lipinski definition) is 1. The minimum absolute atomic E-state index is 0.251. The van der Waals surface area contributed by atoms with E-state index in [2.05, 4.69) is 6.92 Å². The van der Waals surface area contributed by atoms with Gasteiger partial charge in [-0.2, -0.15) is 0 Å². The van der Waals surface area contributed by atoms with Crippen LogP contribution in [-0.2, 0) is 6.42 Å². The summed E-state index contributed by atoms with van der Waals surface area (Å²) in [6.45, 7) is 3.04. The molecule has 0 aliphatic carbocycles. The second-order valence-electron chi connectivity index (χ2n) is 5.65. The van der Waals surface area contributed by atoms with E-state index in [-0.39, 0.29) is 12.5 Å². The van der Waals surface area contributed by atoms with Gasteiger partial charge in [-0.1, -0.05) is 25.5 Å². The molecule has 1 unspecified atom stereocenters. The van der Waals surface area contributed by atoms with Crippen LogP contribution in [-0.4, -0.2) is 13.2 Å². The summed E-state index contributed by atoms with van der Waals surface area (Å²) in [4.78, 5) is 0. The molecule has 2 nitrogen and oxygen atoms in total. The molecule has 2 N–H and O–H groups in total. The Hall–Kier alpha value is -1.94. The number of benzene rings is 2. The summed E-state index contributed by atoms with van der Waals surface area (Å²) in [7, 11) is 0. The van der Waals surface area contributed by atoms with E-state index in [0.29, 0.717) is 18.6 Å². The Kier molecular flexibility index (Phi) is 6.53. The zero-order chi connectivity index (χ0) is 16.7. The van der Waals surface area contributed by atoms with Crippen LogP contribution < -0.4 is 10.5 Å². The molecule has 2 aromatic rings. The van der Waals surface area contributed by atoms with E-state index in [1.165, 1.54) is 6.07 Å². The predicted octanol–water partition coefficient (Wildman–Crippen LogP) is 4.43. The van der Waals surface area contributed by atoms with E-state index in [1.54, 1.807) is 0 Å². The molecule has 0 spiro atoms. The van der Waals surface area contributed by atoms with E-state index in [9.17, 15) is 8.78 Å². The van der Waals surface area contributed by atoms with E-state index >= 15 is 0 Å². The third-order valence-corrected chi connectivity index (χ3v) is 3.83. The monoisotopic (exact) mass is 319 g/mol. The number of rotatable bonds is 8. The van der Waals surface area contributed by atoms with E-state index < -0.39 is 11.6 Å². The average molecular weight is 319 g/mol. The molecule has 23 heavy (non-hydrogen) atoms. The summed E-state index contributed by atoms with van der Waals surface area (Å²) < 4.78 is 33.0. The van der Waals surface area contributed by atoms with Crippen LogP contribution in [0.3, 0.4) is 0 Å². The maximum atomic E-state index is 13.9. The third kappa shape index (κ3) is 5.03. The van der Waals surface area contributed by atoms with Crippen molar-refractivity contribution in [2.24, 2.45) is 5.73 Å². The zero-order valence-corrected chi connectivity index (χ0v) is 13.4. The van der Waals surface area contributed by atoms with Gasteiger partial charge in [0.25, 0.3) is 0 Å². The Balaban J connectivity index is 2.12. The van der Waals surface area contributed by atoms with Gasteiger partial charge in [0, 0.05) is 5.92 Å². The van der Waals surface area contributed by atoms with Crippen molar-refractivity contribution in [3.63, 3.8) is 0 Å². The van der Waals surface area contributed by atoms with Crippen LogP contribution in [0.5, 0.6) is 5.75 Å². The molecule has 0 aromatic heterocycles. The lowest BCUT2D eigenvalue weighted by Crippen LogP contribution is -2.16. The predicted molar refractivity (Wildman–Crippen MR) is 88.7 cm³/mol. The molecule has 0 saturated carbocycles. The molecular weight excluding hydrogens is 296 g/mol. The van der Waals surface area contributed by atoms with Gasteiger partial charge in [0.1, 0.15) is 17.4 Å². The number of unbranched alkanes of at least 4 members (excludes halogenated alkanes) is 1. The molecule has 0 bridgehead atoms. The number of ether oxygens (including phenoxy) is 1. The van der Waals surface area contributed by atoms with Crippen molar-refractivity contribution in [2.45, 2.75) is 32.1 Å². The van der Waals surface area contributed by atoms with Crippen LogP contribution in [0.2, 0.25) is 0 Å². The molecule has 0 aliphatic rings. The maximum Gasteiger partial charge on any atom is 0.126 e. The van der Waals surface area contributed by atoms with Gasteiger partial charge in [-0.15, -0.1) is 0 Å². The smallest absolute Gasteiger partial charge is 0.126 e. The molecule has 4 heteroatoms. The van der Waals surface area contributed by atoms with Crippen molar-refractivity contribution in [3.05, 3.63) is 65.2 Å². The number of hydrogen-bond acceptors (Lipinski definition) is 2. The lowest BCUT2D eigenvalue weighted by molar-refractivity contribution is 0.309. The summed E-state index contributed by atoms with van der Waals surface area (Å²) in [5, 5.41) is 0. The highest BCUT2D eigenvalue weighted by Crippen LogP contribution is 2.25. The fourth-order valence-electron chi connectivity index (χ4n) is 2.53. The molecule has 0 amide bonds. The first-order valence-electron chi connectivity index (χ1n) is 8.00. The van der Waals surface area contributed by atoms with Gasteiger partial charge < -0.3 is 10.5 Å². The van der Waals surface area contributed by atoms with Gasteiger partial charge in [-0.3, -0.25) is 0 Å². The SMILES string of the molecule is CCCCOc1cccc(CC(CN)c2cc(F)ccc2F)c1. The lowest BCUT2D eigenvalue weighted by Gasteiger charge is -2.17. The molecule has 0 aliphatic heterocycles. The Labute approximate surface area is 136 Å². The van der Waals surface area contributed by atoms with Crippen LogP contribution in [0, 0.1) is 11.6 Å². The molecule has 0 radical (unpaired) electrons. The molecule has 0 saturated heterocycles. The summed E-state index contributed by atoms with van der Waals surface area (Å²) in [6, 6.07) is 11.2. The van der Waals surface area contributed by atoms with Crippen LogP contribution >= 0.6 is 0 Å².